The number of hydrogen-bond acceptors (Lipinski definition) is 4. The highest BCUT2D eigenvalue weighted by Gasteiger charge is 2.17. The first-order chi connectivity index (χ1) is 8.69. The third kappa shape index (κ3) is 3.38. The molecule has 2 rings (SSSR count). The molecule has 1 aliphatic rings. The molecule has 1 saturated heterocycles. The van der Waals surface area contributed by atoms with Crippen LogP contribution in [0.1, 0.15) is 28.9 Å². The summed E-state index contributed by atoms with van der Waals surface area (Å²) < 4.78 is 0. The highest BCUT2D eigenvalue weighted by atomic mass is 32.2. The molecule has 0 saturated carbocycles. The van der Waals surface area contributed by atoms with Crippen LogP contribution in [0.4, 0.5) is 5.82 Å². The van der Waals surface area contributed by atoms with Gasteiger partial charge in [-0.15, -0.1) is 0 Å². The number of nitrogens with one attached hydrogen (secondary N) is 2. The van der Waals surface area contributed by atoms with Crippen LogP contribution in [0.2, 0.25) is 0 Å². The van der Waals surface area contributed by atoms with Crippen molar-refractivity contribution in [3.63, 3.8) is 0 Å². The molecule has 1 aliphatic heterocycles. The van der Waals surface area contributed by atoms with Gasteiger partial charge >= 0.3 is 0 Å². The van der Waals surface area contributed by atoms with Gasteiger partial charge in [0.05, 0.1) is 0 Å². The molecule has 0 radical (unpaired) electrons. The van der Waals surface area contributed by atoms with Gasteiger partial charge in [-0.05, 0) is 37.7 Å². The van der Waals surface area contributed by atoms with Crippen molar-refractivity contribution in [2.24, 2.45) is 0 Å². The van der Waals surface area contributed by atoms with Gasteiger partial charge in [-0.3, -0.25) is 4.79 Å². The fourth-order valence-corrected chi connectivity index (χ4v) is 3.12. The zero-order valence-corrected chi connectivity index (χ0v) is 11.6. The molecule has 1 aromatic rings. The van der Waals surface area contributed by atoms with Crippen molar-refractivity contribution in [1.82, 2.24) is 10.3 Å². The lowest BCUT2D eigenvalue weighted by molar-refractivity contribution is 0.0938. The van der Waals surface area contributed by atoms with Crippen molar-refractivity contribution in [2.75, 3.05) is 23.9 Å². The first kappa shape index (κ1) is 13.2. The van der Waals surface area contributed by atoms with Crippen LogP contribution >= 0.6 is 11.8 Å². The van der Waals surface area contributed by atoms with E-state index in [9.17, 15) is 4.79 Å². The second kappa shape index (κ2) is 6.09. The molecular weight excluding hydrogens is 246 g/mol. The number of thioether (sulfide) groups is 1. The minimum atomic E-state index is 0.00417. The lowest BCUT2D eigenvalue weighted by atomic mass is 10.1. The summed E-state index contributed by atoms with van der Waals surface area (Å²) in [5.74, 6) is 2.97. The molecule has 1 unspecified atom stereocenters. The predicted molar refractivity (Wildman–Crippen MR) is 76.3 cm³/mol. The number of hydrogen-bond donors (Lipinski definition) is 2. The zero-order valence-electron chi connectivity index (χ0n) is 10.8. The highest BCUT2D eigenvalue weighted by Crippen LogP contribution is 2.17. The average Bonchev–Trinajstić information content (AvgIpc) is 2.39. The fourth-order valence-electron chi connectivity index (χ4n) is 2.05. The van der Waals surface area contributed by atoms with Crippen LogP contribution in [0.25, 0.3) is 0 Å². The van der Waals surface area contributed by atoms with Gasteiger partial charge in [-0.2, -0.15) is 11.8 Å². The van der Waals surface area contributed by atoms with Crippen molar-refractivity contribution in [2.45, 2.75) is 25.8 Å². The van der Waals surface area contributed by atoms with Crippen LogP contribution in [0, 0.1) is 6.92 Å². The Kier molecular flexibility index (Phi) is 4.47. The van der Waals surface area contributed by atoms with Crippen LogP contribution in [0.5, 0.6) is 0 Å². The van der Waals surface area contributed by atoms with E-state index >= 15 is 0 Å². The van der Waals surface area contributed by atoms with Crippen LogP contribution < -0.4 is 10.6 Å². The van der Waals surface area contributed by atoms with E-state index in [0.29, 0.717) is 11.6 Å². The summed E-state index contributed by atoms with van der Waals surface area (Å²) in [6, 6.07) is 3.92. The van der Waals surface area contributed by atoms with E-state index in [0.717, 1.165) is 23.7 Å². The Morgan fingerprint density at radius 2 is 2.33 bits per heavy atom. The summed E-state index contributed by atoms with van der Waals surface area (Å²) in [5.41, 5.74) is 1.53. The van der Waals surface area contributed by atoms with E-state index < -0.39 is 0 Å². The zero-order chi connectivity index (χ0) is 13.0. The van der Waals surface area contributed by atoms with Crippen molar-refractivity contribution >= 4 is 23.5 Å². The lowest BCUT2D eigenvalue weighted by Gasteiger charge is -2.22. The fraction of sp³-hybridized carbons (Fsp3) is 0.538. The van der Waals surface area contributed by atoms with Crippen molar-refractivity contribution in [3.8, 4) is 0 Å². The number of amides is 1. The molecular formula is C13H19N3OS. The summed E-state index contributed by atoms with van der Waals surface area (Å²) in [4.78, 5) is 16.4. The summed E-state index contributed by atoms with van der Waals surface area (Å²) in [5, 5.41) is 6.07. The van der Waals surface area contributed by atoms with Gasteiger partial charge in [0.15, 0.2) is 0 Å². The summed E-state index contributed by atoms with van der Waals surface area (Å²) in [7, 11) is 1.81. The highest BCUT2D eigenvalue weighted by molar-refractivity contribution is 7.99. The van der Waals surface area contributed by atoms with E-state index in [-0.39, 0.29) is 5.91 Å². The van der Waals surface area contributed by atoms with Crippen molar-refractivity contribution < 1.29 is 4.79 Å². The number of nitrogens with zero attached hydrogens (tertiary/aromatic N) is 1. The first-order valence-electron chi connectivity index (χ1n) is 6.24. The number of rotatable bonds is 3. The summed E-state index contributed by atoms with van der Waals surface area (Å²) >= 11 is 1.91. The van der Waals surface area contributed by atoms with Gasteiger partial charge in [0.1, 0.15) is 5.82 Å². The minimum Gasteiger partial charge on any atom is -0.373 e. The summed E-state index contributed by atoms with van der Waals surface area (Å²) in [6.45, 7) is 1.90. The smallest absolute Gasteiger partial charge is 0.251 e. The Labute approximate surface area is 112 Å². The molecule has 1 amide bonds. The van der Waals surface area contributed by atoms with Gasteiger partial charge in [0.25, 0.3) is 5.91 Å². The molecule has 0 aliphatic carbocycles. The largest absolute Gasteiger partial charge is 0.373 e. The average molecular weight is 265 g/mol. The lowest BCUT2D eigenvalue weighted by Crippen LogP contribution is -2.38. The predicted octanol–water partition coefficient (Wildman–Crippen LogP) is 2.06. The van der Waals surface area contributed by atoms with Crippen LogP contribution in [0.3, 0.4) is 0 Å². The standard InChI is InChI=1S/C13H19N3OS/c1-9-6-10(7-12(14-2)15-9)13(17)16-11-4-3-5-18-8-11/h6-7,11H,3-5,8H2,1-2H3,(H,14,15)(H,16,17). The molecule has 2 heterocycles. The maximum Gasteiger partial charge on any atom is 0.251 e. The van der Waals surface area contributed by atoms with Gasteiger partial charge in [-0.1, -0.05) is 0 Å². The number of aryl methyl sites for hydroxylation is 1. The molecule has 18 heavy (non-hydrogen) atoms. The molecule has 0 spiro atoms. The Balaban J connectivity index is 2.05. The maximum atomic E-state index is 12.2. The molecule has 5 heteroatoms. The number of pyridine rings is 1. The van der Waals surface area contributed by atoms with Crippen LogP contribution in [0.15, 0.2) is 12.1 Å². The molecule has 1 fully saturated rings. The maximum absolute atomic E-state index is 12.2. The van der Waals surface area contributed by atoms with E-state index in [1.807, 2.05) is 24.8 Å². The second-order valence-electron chi connectivity index (χ2n) is 4.52. The van der Waals surface area contributed by atoms with Gasteiger partial charge in [-0.25, -0.2) is 4.98 Å². The van der Waals surface area contributed by atoms with Gasteiger partial charge < -0.3 is 10.6 Å². The van der Waals surface area contributed by atoms with Crippen molar-refractivity contribution in [1.29, 1.82) is 0 Å². The van der Waals surface area contributed by atoms with E-state index in [4.69, 9.17) is 0 Å². The third-order valence-corrected chi connectivity index (χ3v) is 4.18. The Bertz CT molecular complexity index is 430. The van der Waals surface area contributed by atoms with Gasteiger partial charge in [0.2, 0.25) is 0 Å². The number of anilines is 1. The van der Waals surface area contributed by atoms with Crippen LogP contribution in [-0.4, -0.2) is 35.5 Å². The molecule has 4 nitrogen and oxygen atoms in total. The van der Waals surface area contributed by atoms with E-state index in [2.05, 4.69) is 15.6 Å². The van der Waals surface area contributed by atoms with Gasteiger partial charge in [0, 0.05) is 30.1 Å². The molecule has 1 aromatic heterocycles. The van der Waals surface area contributed by atoms with Crippen LogP contribution in [-0.2, 0) is 0 Å². The Morgan fingerprint density at radius 1 is 1.50 bits per heavy atom. The van der Waals surface area contributed by atoms with Crippen molar-refractivity contribution in [3.05, 3.63) is 23.4 Å². The Hall–Kier alpha value is -1.23. The monoisotopic (exact) mass is 265 g/mol. The molecule has 0 bridgehead atoms. The number of carbonyl (C=O) groups is 1. The molecule has 1 atom stereocenters. The SMILES string of the molecule is CNc1cc(C(=O)NC2CCCSC2)cc(C)n1. The summed E-state index contributed by atoms with van der Waals surface area (Å²) in [6.07, 6.45) is 2.27. The van der Waals surface area contributed by atoms with E-state index in [1.54, 1.807) is 13.1 Å². The third-order valence-electron chi connectivity index (χ3n) is 2.97. The quantitative estimate of drug-likeness (QED) is 0.878. The molecule has 0 aromatic carbocycles. The normalized spacial score (nSPS) is 19.3. The van der Waals surface area contributed by atoms with E-state index in [1.165, 1.54) is 12.2 Å². The Morgan fingerprint density at radius 3 is 3.00 bits per heavy atom. The molecule has 98 valence electrons. The second-order valence-corrected chi connectivity index (χ2v) is 5.67. The first-order valence-corrected chi connectivity index (χ1v) is 7.39. The number of carbonyl (C=O) groups excluding carboxylic acids is 1. The topological polar surface area (TPSA) is 54.0 Å². The minimum absolute atomic E-state index is 0.00417. The number of aromatic nitrogens is 1. The molecule has 2 N–H and O–H groups in total.